The number of amides is 1. The molecule has 0 aromatic heterocycles. The molecule has 5 nitrogen and oxygen atoms in total. The summed E-state index contributed by atoms with van der Waals surface area (Å²) in [5, 5.41) is 13.8. The number of nitrogens with one attached hydrogen (secondary N) is 2. The zero-order valence-corrected chi connectivity index (χ0v) is 12.0. The number of hydrogen-bond donors (Lipinski definition) is 4. The van der Waals surface area contributed by atoms with Gasteiger partial charge in [-0.1, -0.05) is 6.07 Å². The molecule has 1 amide bonds. The van der Waals surface area contributed by atoms with Gasteiger partial charge >= 0.3 is 6.61 Å². The molecule has 0 saturated carbocycles. The lowest BCUT2D eigenvalue weighted by Gasteiger charge is -2.23. The highest BCUT2D eigenvalue weighted by Gasteiger charge is 2.27. The third kappa shape index (κ3) is 3.59. The van der Waals surface area contributed by atoms with Crippen molar-refractivity contribution in [2.24, 2.45) is 0 Å². The van der Waals surface area contributed by atoms with E-state index in [2.05, 4.69) is 28.0 Å². The summed E-state index contributed by atoms with van der Waals surface area (Å²) in [6, 6.07) is 3.54. The molecule has 0 spiro atoms. The number of anilines is 1. The van der Waals surface area contributed by atoms with Crippen LogP contribution in [-0.2, 0) is 4.79 Å². The van der Waals surface area contributed by atoms with E-state index in [4.69, 9.17) is 0 Å². The van der Waals surface area contributed by atoms with Crippen molar-refractivity contribution in [2.75, 3.05) is 11.9 Å². The topological polar surface area (TPSA) is 70.6 Å². The quantitative estimate of drug-likeness (QED) is 0.493. The van der Waals surface area contributed by atoms with Crippen molar-refractivity contribution in [1.29, 1.82) is 0 Å². The van der Waals surface area contributed by atoms with Gasteiger partial charge in [0.1, 0.15) is 11.1 Å². The van der Waals surface area contributed by atoms with E-state index in [1.165, 1.54) is 12.1 Å². The molecule has 1 aromatic carbocycles. The van der Waals surface area contributed by atoms with Crippen LogP contribution in [0.3, 0.4) is 0 Å². The van der Waals surface area contributed by atoms with Crippen LogP contribution in [0.25, 0.3) is 0 Å². The van der Waals surface area contributed by atoms with E-state index in [0.717, 1.165) is 6.07 Å². The molecule has 1 heterocycles. The predicted octanol–water partition coefficient (Wildman–Crippen LogP) is 2.43. The zero-order valence-electron chi connectivity index (χ0n) is 11.1. The van der Waals surface area contributed by atoms with Gasteiger partial charge in [0.15, 0.2) is 11.6 Å². The summed E-state index contributed by atoms with van der Waals surface area (Å²) in [6.07, 6.45) is 0.226. The van der Waals surface area contributed by atoms with Crippen LogP contribution >= 0.6 is 12.6 Å². The first-order chi connectivity index (χ1) is 10.4. The van der Waals surface area contributed by atoms with Crippen LogP contribution in [-0.4, -0.2) is 29.5 Å². The van der Waals surface area contributed by atoms with Crippen molar-refractivity contribution >= 4 is 24.2 Å². The summed E-state index contributed by atoms with van der Waals surface area (Å²) in [4.78, 5) is 11.7. The van der Waals surface area contributed by atoms with E-state index in [-0.39, 0.29) is 30.0 Å². The average Bonchev–Trinajstić information content (AvgIpc) is 2.42. The molecule has 22 heavy (non-hydrogen) atoms. The van der Waals surface area contributed by atoms with E-state index in [9.17, 15) is 23.1 Å². The second-order valence-corrected chi connectivity index (χ2v) is 4.92. The molecule has 1 aromatic rings. The van der Waals surface area contributed by atoms with Gasteiger partial charge in [-0.15, -0.1) is 12.6 Å². The maximum atomic E-state index is 13.6. The Balaban J connectivity index is 2.27. The number of halogens is 3. The highest BCUT2D eigenvalue weighted by atomic mass is 32.1. The first kappa shape index (κ1) is 16.3. The standard InChI is InChI=1S/C13H13F3N2O3S/c14-6-2-1-3-7(10(6)21-13(15)16)18-12(22)9-8(19)4-5-17-11(9)20/h1-3,12-13,18-19,22H,4-5H2,(H,17,20). The summed E-state index contributed by atoms with van der Waals surface area (Å²) >= 11 is 4.12. The molecule has 9 heteroatoms. The van der Waals surface area contributed by atoms with Gasteiger partial charge in [0, 0.05) is 13.0 Å². The van der Waals surface area contributed by atoms with Crippen LogP contribution in [0.15, 0.2) is 29.5 Å². The van der Waals surface area contributed by atoms with E-state index in [1.807, 2.05) is 0 Å². The van der Waals surface area contributed by atoms with Crippen molar-refractivity contribution < 1.29 is 27.8 Å². The number of aliphatic hydroxyl groups excluding tert-OH is 1. The Bertz CT molecular complexity index is 610. The molecule has 0 saturated heterocycles. The Hall–Kier alpha value is -2.03. The Morgan fingerprint density at radius 3 is 2.77 bits per heavy atom. The third-order valence-electron chi connectivity index (χ3n) is 2.94. The highest BCUT2D eigenvalue weighted by molar-refractivity contribution is 7.81. The Morgan fingerprint density at radius 1 is 1.41 bits per heavy atom. The fourth-order valence-electron chi connectivity index (χ4n) is 1.99. The van der Waals surface area contributed by atoms with Gasteiger partial charge < -0.3 is 20.5 Å². The normalized spacial score (nSPS) is 16.5. The van der Waals surface area contributed by atoms with Crippen molar-refractivity contribution in [3.8, 4) is 5.75 Å². The van der Waals surface area contributed by atoms with Crippen LogP contribution in [0.1, 0.15) is 6.42 Å². The summed E-state index contributed by atoms with van der Waals surface area (Å²) in [5.74, 6) is -2.38. The first-order valence-corrected chi connectivity index (χ1v) is 6.80. The van der Waals surface area contributed by atoms with Crippen molar-refractivity contribution in [1.82, 2.24) is 5.32 Å². The molecule has 0 aliphatic carbocycles. The van der Waals surface area contributed by atoms with E-state index in [1.54, 1.807) is 0 Å². The van der Waals surface area contributed by atoms with Crippen LogP contribution < -0.4 is 15.4 Å². The number of carbonyl (C=O) groups is 1. The van der Waals surface area contributed by atoms with Gasteiger partial charge in [0.05, 0.1) is 11.3 Å². The molecule has 3 N–H and O–H groups in total. The Kier molecular flexibility index (Phi) is 5.07. The van der Waals surface area contributed by atoms with Crippen molar-refractivity contribution in [3.05, 3.63) is 35.3 Å². The molecular formula is C13H13F3N2O3S. The summed E-state index contributed by atoms with van der Waals surface area (Å²) in [7, 11) is 0. The fraction of sp³-hybridized carbons (Fsp3) is 0.308. The molecule has 120 valence electrons. The van der Waals surface area contributed by atoms with Crippen LogP contribution in [0.4, 0.5) is 18.9 Å². The van der Waals surface area contributed by atoms with Crippen molar-refractivity contribution in [2.45, 2.75) is 18.4 Å². The number of benzene rings is 1. The third-order valence-corrected chi connectivity index (χ3v) is 3.33. The first-order valence-electron chi connectivity index (χ1n) is 6.28. The molecule has 0 radical (unpaired) electrons. The van der Waals surface area contributed by atoms with Crippen molar-refractivity contribution in [3.63, 3.8) is 0 Å². The number of hydrogen-bond acceptors (Lipinski definition) is 5. The molecular weight excluding hydrogens is 321 g/mol. The Morgan fingerprint density at radius 2 is 2.14 bits per heavy atom. The molecule has 1 unspecified atom stereocenters. The molecule has 0 fully saturated rings. The number of alkyl halides is 2. The molecule has 1 aliphatic rings. The number of rotatable bonds is 5. The van der Waals surface area contributed by atoms with Gasteiger partial charge in [0.2, 0.25) is 0 Å². The van der Waals surface area contributed by atoms with Gasteiger partial charge in [-0.05, 0) is 12.1 Å². The zero-order chi connectivity index (χ0) is 16.3. The second-order valence-electron chi connectivity index (χ2n) is 4.41. The monoisotopic (exact) mass is 334 g/mol. The smallest absolute Gasteiger partial charge is 0.387 e. The number of thiol groups is 1. The number of para-hydroxylation sites is 1. The largest absolute Gasteiger partial charge is 0.512 e. The lowest BCUT2D eigenvalue weighted by Crippen LogP contribution is -2.37. The molecule has 1 aliphatic heterocycles. The van der Waals surface area contributed by atoms with Crippen LogP contribution in [0, 0.1) is 5.82 Å². The molecule has 0 bridgehead atoms. The van der Waals surface area contributed by atoms with Gasteiger partial charge in [-0.3, -0.25) is 4.79 Å². The molecule has 2 rings (SSSR count). The van der Waals surface area contributed by atoms with Gasteiger partial charge in [-0.2, -0.15) is 8.78 Å². The van der Waals surface area contributed by atoms with Crippen LogP contribution in [0.5, 0.6) is 5.75 Å². The highest BCUT2D eigenvalue weighted by Crippen LogP contribution is 2.31. The molecule has 1 atom stereocenters. The van der Waals surface area contributed by atoms with Gasteiger partial charge in [-0.25, -0.2) is 4.39 Å². The van der Waals surface area contributed by atoms with Crippen LogP contribution in [0.2, 0.25) is 0 Å². The SMILES string of the molecule is O=C1NCCC(O)=C1C(S)Nc1cccc(F)c1OC(F)F. The number of aliphatic hydroxyl groups is 1. The lowest BCUT2D eigenvalue weighted by molar-refractivity contribution is -0.118. The number of ether oxygens (including phenoxy) is 1. The number of carbonyl (C=O) groups excluding carboxylic acids is 1. The minimum atomic E-state index is -3.21. The summed E-state index contributed by atoms with van der Waals surface area (Å²) < 4.78 is 42.4. The van der Waals surface area contributed by atoms with E-state index < -0.39 is 29.5 Å². The lowest BCUT2D eigenvalue weighted by atomic mass is 10.1. The minimum Gasteiger partial charge on any atom is -0.512 e. The fourth-order valence-corrected chi connectivity index (χ4v) is 2.39. The van der Waals surface area contributed by atoms with E-state index >= 15 is 0 Å². The summed E-state index contributed by atoms with van der Waals surface area (Å²) in [6.45, 7) is -2.92. The van der Waals surface area contributed by atoms with Gasteiger partial charge in [0.25, 0.3) is 5.91 Å². The maximum absolute atomic E-state index is 13.6. The predicted molar refractivity (Wildman–Crippen MR) is 76.7 cm³/mol. The van der Waals surface area contributed by atoms with E-state index in [0.29, 0.717) is 0 Å². The maximum Gasteiger partial charge on any atom is 0.387 e. The second kappa shape index (κ2) is 6.82. The minimum absolute atomic E-state index is 0.0539. The Labute approximate surface area is 129 Å². The average molecular weight is 334 g/mol. The summed E-state index contributed by atoms with van der Waals surface area (Å²) in [5.41, 5.74) is -0.166.